The zero-order chi connectivity index (χ0) is 88.6. The van der Waals surface area contributed by atoms with Crippen molar-refractivity contribution in [2.24, 2.45) is 11.8 Å². The third-order valence-electron chi connectivity index (χ3n) is 15.2. The normalized spacial score (nSPS) is 14.9. The van der Waals surface area contributed by atoms with Crippen LogP contribution in [0.4, 0.5) is 0 Å². The summed E-state index contributed by atoms with van der Waals surface area (Å²) in [5, 5.41) is 120. The minimum Gasteiger partial charge on any atom is -0.480 e. The summed E-state index contributed by atoms with van der Waals surface area (Å²) in [5.41, 5.74) is -2.58. The van der Waals surface area contributed by atoms with Crippen LogP contribution in [0.2, 0.25) is 0 Å². The number of rotatable bonds is 30. The van der Waals surface area contributed by atoms with E-state index in [2.05, 4.69) is 37.2 Å². The lowest BCUT2D eigenvalue weighted by Crippen LogP contribution is -2.45. The Labute approximate surface area is 634 Å². The average Bonchev–Trinajstić information content (AvgIpc) is 1.64. The van der Waals surface area contributed by atoms with Crippen LogP contribution < -0.4 is 37.2 Å². The highest BCUT2D eigenvalue weighted by Crippen LogP contribution is 2.40. The van der Waals surface area contributed by atoms with E-state index in [1.54, 1.807) is 188 Å². The first-order valence-electron chi connectivity index (χ1n) is 33.4. The number of likely N-dealkylation sites (N-methyl/N-ethyl adjacent to an activating group) is 11. The van der Waals surface area contributed by atoms with Crippen molar-refractivity contribution in [1.82, 2.24) is 66.6 Å². The summed E-state index contributed by atoms with van der Waals surface area (Å²) in [6.07, 6.45) is 3.12. The second-order valence-electron chi connectivity index (χ2n) is 26.9. The van der Waals surface area contributed by atoms with Crippen molar-refractivity contribution in [1.29, 1.82) is 0 Å². The van der Waals surface area contributed by atoms with E-state index in [-0.39, 0.29) is 61.3 Å². The van der Waals surface area contributed by atoms with E-state index in [0.717, 1.165) is 25.7 Å². The van der Waals surface area contributed by atoms with E-state index in [1.165, 1.54) is 16.8 Å². The number of hydrogen-bond donors (Lipinski definition) is 23. The van der Waals surface area contributed by atoms with Gasteiger partial charge < -0.3 is 118 Å². The molecule has 0 aromatic rings. The molecule has 0 bridgehead atoms. The molecule has 0 saturated heterocycles. The van der Waals surface area contributed by atoms with Crippen LogP contribution in [0.3, 0.4) is 0 Å². The van der Waals surface area contributed by atoms with E-state index >= 15 is 0 Å². The number of carboxylic acids is 10. The summed E-state index contributed by atoms with van der Waals surface area (Å²) in [7, 11) is 24.5. The molecular formula is C64H145N13O28P2. The lowest BCUT2D eigenvalue weighted by Gasteiger charge is -2.27. The van der Waals surface area contributed by atoms with Gasteiger partial charge in [0, 0.05) is 6.04 Å². The first-order valence-corrected chi connectivity index (χ1v) is 36.9. The fraction of sp³-hybridized carbons (Fsp3) is 0.844. The molecule has 2 aliphatic rings. The van der Waals surface area contributed by atoms with Crippen molar-refractivity contribution < 1.29 is 138 Å². The van der Waals surface area contributed by atoms with Crippen LogP contribution in [0.25, 0.3) is 0 Å². The Morgan fingerprint density at radius 1 is 0.495 bits per heavy atom. The Morgan fingerprint density at radius 3 is 0.916 bits per heavy atom. The fourth-order valence-electron chi connectivity index (χ4n) is 5.93. The highest BCUT2D eigenvalue weighted by atomic mass is 31.2. The number of nitrogens with zero attached hydrogens (tertiary/aromatic N) is 6. The maximum absolute atomic E-state index is 10.5. The highest BCUT2D eigenvalue weighted by Gasteiger charge is 2.52. The van der Waals surface area contributed by atoms with Gasteiger partial charge in [0.15, 0.2) is 0 Å². The van der Waals surface area contributed by atoms with E-state index in [1.807, 2.05) is 48.6 Å². The largest absolute Gasteiger partial charge is 0.480 e. The SMILES string of the molecule is CC(C(=O)O)N(C)C.CC(C)C(C(=O)O)N(C)C.CCC(NC)C(=O)O.CN(C)C(C)(C)C(=O)O.CN(C)C(CO)C(=O)O.CN(C)C1(C(=O)O)CC1.CN(C)CP(=O)(O)O.CNC(C(=O)O)C(C)C.CNC(C)(C)C(=O)O.CNC(C)C(=O)O.CNC(C)C(C)O.CNC1(C(=O)O)CC1.CNCP(=O)(O)O. The van der Waals surface area contributed by atoms with Crippen molar-refractivity contribution in [3.63, 3.8) is 0 Å². The molecule has 0 spiro atoms. The summed E-state index contributed by atoms with van der Waals surface area (Å²) >= 11 is 0. The molecule has 8 atom stereocenters. The van der Waals surface area contributed by atoms with Gasteiger partial charge in [-0.25, -0.2) is 0 Å². The minimum atomic E-state index is -3.80. The fourth-order valence-corrected chi connectivity index (χ4v) is 7.08. The van der Waals surface area contributed by atoms with Crippen LogP contribution >= 0.6 is 15.2 Å². The van der Waals surface area contributed by atoms with Crippen molar-refractivity contribution in [2.75, 3.05) is 153 Å². The molecule has 2 fully saturated rings. The van der Waals surface area contributed by atoms with Gasteiger partial charge in [-0.05, 0) is 233 Å². The Hall–Kier alpha value is -5.60. The van der Waals surface area contributed by atoms with E-state index in [9.17, 15) is 57.1 Å². The van der Waals surface area contributed by atoms with Crippen molar-refractivity contribution >= 4 is 74.9 Å². The molecule has 8 unspecified atom stereocenters. The minimum absolute atomic E-state index is 0.146. The summed E-state index contributed by atoms with van der Waals surface area (Å²) in [6, 6.07) is -2.53. The Morgan fingerprint density at radius 2 is 0.916 bits per heavy atom. The third-order valence-corrected chi connectivity index (χ3v) is 16.8. The van der Waals surface area contributed by atoms with E-state index in [0.29, 0.717) is 6.42 Å². The number of nitrogens with one attached hydrogen (secondary N) is 7. The summed E-state index contributed by atoms with van der Waals surface area (Å²) in [5.74, 6) is -7.65. The lowest BCUT2D eigenvalue weighted by atomic mass is 10.0. The number of hydrogen-bond acceptors (Lipinski definition) is 27. The lowest BCUT2D eigenvalue weighted by molar-refractivity contribution is -0.148. The molecule has 107 heavy (non-hydrogen) atoms. The standard InChI is InChI=1S/C7H15NO2.C6H11NO2.2C6H13NO2.C5H11NO3.C5H9NO2.3C5H11NO2.C5H13NO.C4H9NO2.C3H10NO3P.C2H8NO3P/c1-5(2)6(7(9)10)8(3)4;1-7(2)6(3-4-6)5(8)9;1-6(2,5(8)9)7(3)4;1-4(2)5(7-3)6(8)9;1-6(2)4(3-7)5(8)9;1-6-5(2-3-5)4(7)8;1-5(2,6-3)4(7)8;1-4(5(7)8)6(2)3;1-3-4(6-2)5(7)8;1-4(6-3)5(2)7;1-3(5-2)4(6)7;1-4(2)3-8(5,6)7;1-3-2-7(4,5)6/h5-6H,1-4H3,(H,9,10);3-4H2,1-2H3,(H,8,9);1-4H3,(H,8,9);4-5,7H,1-3H3,(H,8,9);4,7H,3H2,1-2H3,(H,8,9);6H,2-3H2,1H3,(H,7,8);6H,1-3H3,(H,7,8);4H,1-3H3,(H,7,8);4,6H,3H2,1-2H3,(H,7,8);4-7H,1-3H3;3,5H,1-2H3,(H,6,7);3H2,1-2H3,(H2,5,6,7);3H,2H2,1H3,(H2,4,5,6). The molecule has 0 aromatic heterocycles. The molecule has 2 saturated carbocycles. The summed E-state index contributed by atoms with van der Waals surface area (Å²) < 4.78 is 20.0. The van der Waals surface area contributed by atoms with Crippen LogP contribution in [0.5, 0.6) is 0 Å². The number of carbonyl (C=O) groups is 10. The zero-order valence-corrected chi connectivity index (χ0v) is 71.4. The van der Waals surface area contributed by atoms with Gasteiger partial charge in [-0.1, -0.05) is 34.6 Å². The molecule has 0 amide bonds. The second kappa shape index (κ2) is 65.1. The smallest absolute Gasteiger partial charge is 0.339 e. The van der Waals surface area contributed by atoms with E-state index in [4.69, 9.17) is 80.9 Å². The number of aliphatic hydroxyl groups is 2. The first-order chi connectivity index (χ1) is 48.0. The first kappa shape index (κ1) is 125. The van der Waals surface area contributed by atoms with Crippen LogP contribution in [-0.4, -0.2) is 394 Å². The second-order valence-corrected chi connectivity index (χ2v) is 30.2. The van der Waals surface area contributed by atoms with Gasteiger partial charge in [0.1, 0.15) is 64.7 Å². The number of carboxylic acid groups (broad SMARTS) is 10. The molecule has 0 aromatic carbocycles. The van der Waals surface area contributed by atoms with Crippen molar-refractivity contribution in [2.45, 2.75) is 193 Å². The van der Waals surface area contributed by atoms with Crippen LogP contribution in [0, 0.1) is 11.8 Å². The Kier molecular flexibility index (Phi) is 76.1. The van der Waals surface area contributed by atoms with Gasteiger partial charge in [-0.15, -0.1) is 0 Å². The van der Waals surface area contributed by atoms with Gasteiger partial charge in [-0.3, -0.25) is 86.5 Å². The molecular weight excluding hydrogens is 1460 g/mol. The summed E-state index contributed by atoms with van der Waals surface area (Å²) in [4.78, 5) is 145. The predicted molar refractivity (Wildman–Crippen MR) is 410 cm³/mol. The Bertz CT molecular complexity index is 2430. The number of aliphatic hydroxyl groups excluding tert-OH is 2. The molecule has 23 N–H and O–H groups in total. The van der Waals surface area contributed by atoms with Gasteiger partial charge >= 0.3 is 74.9 Å². The van der Waals surface area contributed by atoms with Crippen molar-refractivity contribution in [3.8, 4) is 0 Å². The predicted octanol–water partition coefficient (Wildman–Crippen LogP) is -0.798. The zero-order valence-electron chi connectivity index (χ0n) is 69.6. The van der Waals surface area contributed by atoms with Crippen LogP contribution in [0.15, 0.2) is 0 Å². The van der Waals surface area contributed by atoms with Gasteiger partial charge in [0.05, 0.1) is 19.0 Å². The van der Waals surface area contributed by atoms with Crippen LogP contribution in [-0.2, 0) is 57.1 Å². The maximum Gasteiger partial charge on any atom is 0.339 e. The van der Waals surface area contributed by atoms with Gasteiger partial charge in [-0.2, -0.15) is 0 Å². The average molecular weight is 1610 g/mol. The highest BCUT2D eigenvalue weighted by molar-refractivity contribution is 7.51. The molecule has 41 nitrogen and oxygen atoms in total. The van der Waals surface area contributed by atoms with Crippen molar-refractivity contribution in [3.05, 3.63) is 0 Å². The molecule has 0 heterocycles. The Balaban J connectivity index is -0.000000104. The molecule has 0 radical (unpaired) electrons. The molecule has 2 rings (SSSR count). The van der Waals surface area contributed by atoms with E-state index < -0.39 is 115 Å². The quantitative estimate of drug-likeness (QED) is 0.0392. The molecule has 2 aliphatic carbocycles. The van der Waals surface area contributed by atoms with Crippen LogP contribution in [0.1, 0.15) is 122 Å². The summed E-state index contributed by atoms with van der Waals surface area (Å²) in [6.45, 7) is 22.5. The molecule has 644 valence electrons. The number of aliphatic carboxylic acids is 10. The van der Waals surface area contributed by atoms with Gasteiger partial charge in [0.25, 0.3) is 0 Å². The third kappa shape index (κ3) is 73.0. The molecule has 43 heteroatoms. The van der Waals surface area contributed by atoms with Gasteiger partial charge in [0.2, 0.25) is 0 Å². The molecule has 0 aliphatic heterocycles. The maximum atomic E-state index is 10.5. The topological polar surface area (TPSA) is 632 Å². The monoisotopic (exact) mass is 1610 g/mol.